The standard InChI is InChI=1S/C26H33ClN2O3/c1-18-13-19(2)15-23(14-18)32-17-25(30)29(16-21-9-7-8-12-24(21)27)20(3)26(31)28-22-10-5-4-6-11-22/h7-9,12-15,20,22H,4-6,10-11,16-17H2,1-3H3,(H,28,31). The van der Waals surface area contributed by atoms with Gasteiger partial charge in [-0.3, -0.25) is 9.59 Å². The molecule has 2 aromatic rings. The number of nitrogens with one attached hydrogen (secondary N) is 1. The second-order valence-electron chi connectivity index (χ2n) is 8.74. The van der Waals surface area contributed by atoms with Gasteiger partial charge in [0.25, 0.3) is 5.91 Å². The maximum Gasteiger partial charge on any atom is 0.261 e. The molecule has 0 heterocycles. The zero-order chi connectivity index (χ0) is 23.1. The summed E-state index contributed by atoms with van der Waals surface area (Å²) < 4.78 is 5.80. The van der Waals surface area contributed by atoms with E-state index in [-0.39, 0.29) is 31.0 Å². The number of carbonyl (C=O) groups is 2. The fraction of sp³-hybridized carbons (Fsp3) is 0.462. The summed E-state index contributed by atoms with van der Waals surface area (Å²) in [6.45, 7) is 5.85. The molecule has 1 unspecified atom stereocenters. The van der Waals surface area contributed by atoms with Gasteiger partial charge in [0, 0.05) is 17.6 Å². The van der Waals surface area contributed by atoms with Crippen molar-refractivity contribution in [2.75, 3.05) is 6.61 Å². The van der Waals surface area contributed by atoms with E-state index in [1.165, 1.54) is 6.42 Å². The highest BCUT2D eigenvalue weighted by Crippen LogP contribution is 2.21. The maximum absolute atomic E-state index is 13.2. The minimum absolute atomic E-state index is 0.135. The molecule has 0 radical (unpaired) electrons. The molecular weight excluding hydrogens is 424 g/mol. The van der Waals surface area contributed by atoms with Crippen LogP contribution >= 0.6 is 11.6 Å². The lowest BCUT2D eigenvalue weighted by Gasteiger charge is -2.31. The van der Waals surface area contributed by atoms with Gasteiger partial charge in [0.15, 0.2) is 6.61 Å². The molecule has 5 nitrogen and oxygen atoms in total. The zero-order valence-electron chi connectivity index (χ0n) is 19.2. The number of hydrogen-bond donors (Lipinski definition) is 1. The first-order valence-corrected chi connectivity index (χ1v) is 11.8. The van der Waals surface area contributed by atoms with Crippen LogP contribution in [-0.4, -0.2) is 35.4 Å². The number of halogens is 1. The van der Waals surface area contributed by atoms with Crippen LogP contribution in [0, 0.1) is 13.8 Å². The van der Waals surface area contributed by atoms with Gasteiger partial charge < -0.3 is 15.0 Å². The Morgan fingerprint density at radius 2 is 1.75 bits per heavy atom. The highest BCUT2D eigenvalue weighted by atomic mass is 35.5. The molecular formula is C26H33ClN2O3. The molecule has 0 bridgehead atoms. The van der Waals surface area contributed by atoms with Gasteiger partial charge in [0.1, 0.15) is 11.8 Å². The number of aryl methyl sites for hydroxylation is 2. The number of amides is 2. The van der Waals surface area contributed by atoms with Gasteiger partial charge in [0.05, 0.1) is 0 Å². The fourth-order valence-corrected chi connectivity index (χ4v) is 4.40. The second kappa shape index (κ2) is 11.4. The van der Waals surface area contributed by atoms with Crippen LogP contribution in [0.3, 0.4) is 0 Å². The highest BCUT2D eigenvalue weighted by molar-refractivity contribution is 6.31. The molecule has 1 saturated carbocycles. The summed E-state index contributed by atoms with van der Waals surface area (Å²) in [6, 6.07) is 12.8. The molecule has 0 spiro atoms. The van der Waals surface area contributed by atoms with Crippen molar-refractivity contribution in [3.63, 3.8) is 0 Å². The predicted molar refractivity (Wildman–Crippen MR) is 128 cm³/mol. The summed E-state index contributed by atoms with van der Waals surface area (Å²) in [5, 5.41) is 3.71. The smallest absolute Gasteiger partial charge is 0.261 e. The average molecular weight is 457 g/mol. The highest BCUT2D eigenvalue weighted by Gasteiger charge is 2.28. The summed E-state index contributed by atoms with van der Waals surface area (Å²) >= 11 is 6.35. The maximum atomic E-state index is 13.2. The van der Waals surface area contributed by atoms with Gasteiger partial charge in [-0.2, -0.15) is 0 Å². The van der Waals surface area contributed by atoms with Crippen molar-refractivity contribution in [1.29, 1.82) is 0 Å². The number of rotatable bonds is 8. The van der Waals surface area contributed by atoms with Gasteiger partial charge in [-0.25, -0.2) is 0 Å². The Balaban J connectivity index is 1.73. The van der Waals surface area contributed by atoms with Crippen molar-refractivity contribution >= 4 is 23.4 Å². The second-order valence-corrected chi connectivity index (χ2v) is 9.15. The largest absolute Gasteiger partial charge is 0.484 e. The molecule has 0 aromatic heterocycles. The number of hydrogen-bond acceptors (Lipinski definition) is 3. The molecule has 6 heteroatoms. The molecule has 0 saturated heterocycles. The lowest BCUT2D eigenvalue weighted by Crippen LogP contribution is -2.51. The third-order valence-electron chi connectivity index (χ3n) is 5.97. The lowest BCUT2D eigenvalue weighted by atomic mass is 9.95. The van der Waals surface area contributed by atoms with Crippen LogP contribution < -0.4 is 10.1 Å². The Hall–Kier alpha value is -2.53. The van der Waals surface area contributed by atoms with E-state index in [0.717, 1.165) is 42.4 Å². The van der Waals surface area contributed by atoms with E-state index in [9.17, 15) is 9.59 Å². The molecule has 1 aliphatic rings. The first-order chi connectivity index (χ1) is 15.3. The number of nitrogens with zero attached hydrogens (tertiary/aromatic N) is 1. The van der Waals surface area contributed by atoms with Crippen molar-refractivity contribution in [2.45, 2.75) is 71.5 Å². The summed E-state index contributed by atoms with van der Waals surface area (Å²) in [6.07, 6.45) is 5.46. The van der Waals surface area contributed by atoms with E-state index in [1.54, 1.807) is 17.9 Å². The molecule has 32 heavy (non-hydrogen) atoms. The quantitative estimate of drug-likeness (QED) is 0.593. The van der Waals surface area contributed by atoms with Crippen molar-refractivity contribution in [3.8, 4) is 5.75 Å². The summed E-state index contributed by atoms with van der Waals surface area (Å²) in [5.41, 5.74) is 2.94. The van der Waals surface area contributed by atoms with Crippen LogP contribution in [0.4, 0.5) is 0 Å². The number of benzene rings is 2. The Morgan fingerprint density at radius 3 is 2.41 bits per heavy atom. The molecule has 1 aliphatic carbocycles. The summed E-state index contributed by atoms with van der Waals surface area (Å²) in [5.74, 6) is 0.256. The van der Waals surface area contributed by atoms with E-state index in [1.807, 2.05) is 44.2 Å². The summed E-state index contributed by atoms with van der Waals surface area (Å²) in [7, 11) is 0. The monoisotopic (exact) mass is 456 g/mol. The SMILES string of the molecule is Cc1cc(C)cc(OCC(=O)N(Cc2ccccc2Cl)C(C)C(=O)NC2CCCCC2)c1. The Kier molecular flexibility index (Phi) is 8.57. The third-order valence-corrected chi connectivity index (χ3v) is 6.34. The van der Waals surface area contributed by atoms with Gasteiger partial charge in [-0.15, -0.1) is 0 Å². The van der Waals surface area contributed by atoms with E-state index in [4.69, 9.17) is 16.3 Å². The van der Waals surface area contributed by atoms with Crippen LogP contribution in [0.1, 0.15) is 55.7 Å². The minimum Gasteiger partial charge on any atom is -0.484 e. The van der Waals surface area contributed by atoms with Gasteiger partial charge in [-0.1, -0.05) is 55.1 Å². The third kappa shape index (κ3) is 6.73. The number of carbonyl (C=O) groups excluding carboxylic acids is 2. The van der Waals surface area contributed by atoms with E-state index >= 15 is 0 Å². The molecule has 0 aliphatic heterocycles. The minimum atomic E-state index is -0.636. The Morgan fingerprint density at radius 1 is 1.09 bits per heavy atom. The van der Waals surface area contributed by atoms with E-state index in [2.05, 4.69) is 11.4 Å². The molecule has 1 N–H and O–H groups in total. The normalized spacial score (nSPS) is 15.1. The molecule has 3 rings (SSSR count). The van der Waals surface area contributed by atoms with Crippen LogP contribution in [-0.2, 0) is 16.1 Å². The molecule has 172 valence electrons. The van der Waals surface area contributed by atoms with Crippen LogP contribution in [0.5, 0.6) is 5.75 Å². The average Bonchev–Trinajstić information content (AvgIpc) is 2.76. The van der Waals surface area contributed by atoms with Gasteiger partial charge >= 0.3 is 0 Å². The molecule has 1 atom stereocenters. The first-order valence-electron chi connectivity index (χ1n) is 11.4. The molecule has 2 aromatic carbocycles. The van der Waals surface area contributed by atoms with Crippen molar-refractivity contribution in [3.05, 3.63) is 64.2 Å². The van der Waals surface area contributed by atoms with E-state index in [0.29, 0.717) is 10.8 Å². The fourth-order valence-electron chi connectivity index (χ4n) is 4.21. The van der Waals surface area contributed by atoms with Crippen molar-refractivity contribution in [2.24, 2.45) is 0 Å². The Bertz CT molecular complexity index is 920. The predicted octanol–water partition coefficient (Wildman–Crippen LogP) is 5.20. The molecule has 2 amide bonds. The summed E-state index contributed by atoms with van der Waals surface area (Å²) in [4.78, 5) is 27.8. The van der Waals surface area contributed by atoms with Crippen molar-refractivity contribution < 1.29 is 14.3 Å². The van der Waals surface area contributed by atoms with Gasteiger partial charge in [-0.05, 0) is 68.5 Å². The van der Waals surface area contributed by atoms with Crippen LogP contribution in [0.2, 0.25) is 5.02 Å². The zero-order valence-corrected chi connectivity index (χ0v) is 20.0. The molecule has 1 fully saturated rings. The van der Waals surface area contributed by atoms with Gasteiger partial charge in [0.2, 0.25) is 5.91 Å². The first kappa shape index (κ1) is 24.1. The van der Waals surface area contributed by atoms with Crippen molar-refractivity contribution in [1.82, 2.24) is 10.2 Å². The van der Waals surface area contributed by atoms with Crippen LogP contribution in [0.15, 0.2) is 42.5 Å². The lowest BCUT2D eigenvalue weighted by molar-refractivity contribution is -0.142. The van der Waals surface area contributed by atoms with Crippen LogP contribution in [0.25, 0.3) is 0 Å². The van der Waals surface area contributed by atoms with E-state index < -0.39 is 6.04 Å². The number of ether oxygens (including phenoxy) is 1. The topological polar surface area (TPSA) is 58.6 Å². The Labute approximate surface area is 196 Å².